The summed E-state index contributed by atoms with van der Waals surface area (Å²) in [5.74, 6) is -1.35. The van der Waals surface area contributed by atoms with E-state index in [0.717, 1.165) is 37.8 Å². The molecule has 0 spiro atoms. The zero-order valence-electron chi connectivity index (χ0n) is 16.6. The van der Waals surface area contributed by atoms with Gasteiger partial charge in [-0.25, -0.2) is 0 Å². The maximum Gasteiger partial charge on any atom is 0.416 e. The maximum atomic E-state index is 13.4. The fourth-order valence-corrected chi connectivity index (χ4v) is 4.63. The van der Waals surface area contributed by atoms with E-state index in [9.17, 15) is 22.8 Å². The molecule has 0 saturated heterocycles. The number of carbonyl (C=O) groups excluding carboxylic acids is 2. The highest BCUT2D eigenvalue weighted by Gasteiger charge is 2.43. The van der Waals surface area contributed by atoms with Crippen LogP contribution in [-0.4, -0.2) is 29.8 Å². The molecule has 1 heterocycles. The van der Waals surface area contributed by atoms with E-state index < -0.39 is 23.7 Å². The topological polar surface area (TPSA) is 49.4 Å². The molecule has 0 aromatic heterocycles. The van der Waals surface area contributed by atoms with Crippen molar-refractivity contribution in [1.29, 1.82) is 0 Å². The van der Waals surface area contributed by atoms with E-state index in [-0.39, 0.29) is 17.9 Å². The van der Waals surface area contributed by atoms with Crippen LogP contribution in [0.15, 0.2) is 48.5 Å². The van der Waals surface area contributed by atoms with Gasteiger partial charge >= 0.3 is 6.18 Å². The van der Waals surface area contributed by atoms with Crippen LogP contribution < -0.4 is 5.32 Å². The maximum absolute atomic E-state index is 13.4. The Labute approximate surface area is 173 Å². The van der Waals surface area contributed by atoms with Gasteiger partial charge in [-0.1, -0.05) is 43.2 Å². The number of alkyl halides is 3. The molecule has 1 N–H and O–H groups in total. The van der Waals surface area contributed by atoms with Gasteiger partial charge in [0, 0.05) is 18.7 Å². The minimum absolute atomic E-state index is 0.0646. The first-order valence-corrected chi connectivity index (χ1v) is 10.1. The minimum atomic E-state index is -4.51. The summed E-state index contributed by atoms with van der Waals surface area (Å²) < 4.78 is 39.9. The van der Waals surface area contributed by atoms with E-state index >= 15 is 0 Å². The molecule has 158 valence electrons. The molecule has 0 bridgehead atoms. The summed E-state index contributed by atoms with van der Waals surface area (Å²) in [4.78, 5) is 27.7. The number of benzene rings is 2. The number of fused-ring (bicyclic) bond motifs is 1. The molecule has 7 heteroatoms. The zero-order chi connectivity index (χ0) is 21.5. The Balaban J connectivity index is 1.80. The molecule has 2 aromatic carbocycles. The van der Waals surface area contributed by atoms with Crippen molar-refractivity contribution in [2.24, 2.45) is 0 Å². The number of halogens is 3. The normalized spacial score (nSPS) is 22.1. The third-order valence-electron chi connectivity index (χ3n) is 6.12. The van der Waals surface area contributed by atoms with E-state index in [1.54, 1.807) is 37.4 Å². The quantitative estimate of drug-likeness (QED) is 0.790. The first-order valence-electron chi connectivity index (χ1n) is 10.1. The van der Waals surface area contributed by atoms with E-state index in [4.69, 9.17) is 0 Å². The SMILES string of the molecule is CN1C(=O)c2ccccc2C(C(=O)NC2CCCC2)C1c1cccc(C(F)(F)F)c1. The first-order chi connectivity index (χ1) is 14.3. The average Bonchev–Trinajstić information content (AvgIpc) is 3.23. The van der Waals surface area contributed by atoms with Gasteiger partial charge in [0.1, 0.15) is 0 Å². The lowest BCUT2D eigenvalue weighted by Crippen LogP contribution is -2.47. The lowest BCUT2D eigenvalue weighted by atomic mass is 9.79. The highest BCUT2D eigenvalue weighted by atomic mass is 19.4. The smallest absolute Gasteiger partial charge is 0.353 e. The predicted molar refractivity (Wildman–Crippen MR) is 106 cm³/mol. The van der Waals surface area contributed by atoms with Crippen LogP contribution in [0.1, 0.15) is 64.7 Å². The number of hydrogen-bond acceptors (Lipinski definition) is 2. The summed E-state index contributed by atoms with van der Waals surface area (Å²) in [6, 6.07) is 11.0. The zero-order valence-corrected chi connectivity index (χ0v) is 16.6. The Bertz CT molecular complexity index is 967. The molecule has 1 fully saturated rings. The summed E-state index contributed by atoms with van der Waals surface area (Å²) in [5.41, 5.74) is 0.463. The largest absolute Gasteiger partial charge is 0.416 e. The molecule has 2 aliphatic rings. The minimum Gasteiger partial charge on any atom is -0.353 e. The van der Waals surface area contributed by atoms with Gasteiger partial charge in [0.2, 0.25) is 5.91 Å². The molecule has 2 aromatic rings. The van der Waals surface area contributed by atoms with Crippen molar-refractivity contribution >= 4 is 11.8 Å². The van der Waals surface area contributed by atoms with Crippen molar-refractivity contribution in [2.45, 2.75) is 49.9 Å². The fraction of sp³-hybridized carbons (Fsp3) is 0.391. The van der Waals surface area contributed by atoms with Crippen LogP contribution in [0.2, 0.25) is 0 Å². The molecule has 4 rings (SSSR count). The van der Waals surface area contributed by atoms with E-state index in [2.05, 4.69) is 5.32 Å². The third-order valence-corrected chi connectivity index (χ3v) is 6.12. The molecule has 2 amide bonds. The molecular weight excluding hydrogens is 393 g/mol. The van der Waals surface area contributed by atoms with Gasteiger partial charge < -0.3 is 10.2 Å². The van der Waals surface area contributed by atoms with Gasteiger partial charge in [-0.15, -0.1) is 0 Å². The van der Waals surface area contributed by atoms with Crippen molar-refractivity contribution < 1.29 is 22.8 Å². The molecular formula is C23H23F3N2O2. The monoisotopic (exact) mass is 416 g/mol. The van der Waals surface area contributed by atoms with E-state index in [1.807, 2.05) is 0 Å². The molecule has 4 nitrogen and oxygen atoms in total. The van der Waals surface area contributed by atoms with Crippen molar-refractivity contribution in [3.63, 3.8) is 0 Å². The number of amides is 2. The molecule has 1 aliphatic carbocycles. The van der Waals surface area contributed by atoms with Crippen LogP contribution in [0, 0.1) is 0 Å². The molecule has 30 heavy (non-hydrogen) atoms. The second kappa shape index (κ2) is 7.78. The first kappa shape index (κ1) is 20.4. The number of hydrogen-bond donors (Lipinski definition) is 1. The van der Waals surface area contributed by atoms with Gasteiger partial charge in [-0.05, 0) is 42.2 Å². The number of nitrogens with zero attached hydrogens (tertiary/aromatic N) is 1. The molecule has 0 radical (unpaired) electrons. The average molecular weight is 416 g/mol. The summed E-state index contributed by atoms with van der Waals surface area (Å²) in [5, 5.41) is 3.07. The lowest BCUT2D eigenvalue weighted by molar-refractivity contribution is -0.137. The van der Waals surface area contributed by atoms with Crippen LogP contribution in [-0.2, 0) is 11.0 Å². The number of rotatable bonds is 3. The second-order valence-electron chi connectivity index (χ2n) is 8.04. The van der Waals surface area contributed by atoms with Gasteiger partial charge in [0.05, 0.1) is 17.5 Å². The fourth-order valence-electron chi connectivity index (χ4n) is 4.63. The Morgan fingerprint density at radius 2 is 1.77 bits per heavy atom. The second-order valence-corrected chi connectivity index (χ2v) is 8.04. The van der Waals surface area contributed by atoms with Crippen LogP contribution >= 0.6 is 0 Å². The summed E-state index contributed by atoms with van der Waals surface area (Å²) in [6.07, 6.45) is -0.637. The predicted octanol–water partition coefficient (Wildman–Crippen LogP) is 4.67. The Kier molecular flexibility index (Phi) is 5.30. The lowest BCUT2D eigenvalue weighted by Gasteiger charge is -2.40. The van der Waals surface area contributed by atoms with Crippen LogP contribution in [0.5, 0.6) is 0 Å². The van der Waals surface area contributed by atoms with Crippen LogP contribution in [0.3, 0.4) is 0 Å². The van der Waals surface area contributed by atoms with Crippen molar-refractivity contribution in [1.82, 2.24) is 10.2 Å². The standard InChI is InChI=1S/C23H23F3N2O2/c1-28-20(14-7-6-8-15(13-14)23(24,25)26)19(21(29)27-16-9-2-3-10-16)17-11-4-5-12-18(17)22(28)30/h4-8,11-13,16,19-20H,2-3,9-10H2,1H3,(H,27,29). The summed E-state index contributed by atoms with van der Waals surface area (Å²) >= 11 is 0. The molecule has 1 saturated carbocycles. The van der Waals surface area contributed by atoms with Crippen LogP contribution in [0.4, 0.5) is 13.2 Å². The molecule has 1 aliphatic heterocycles. The van der Waals surface area contributed by atoms with E-state index in [1.165, 1.54) is 11.0 Å². The Hall–Kier alpha value is -2.83. The number of carbonyl (C=O) groups is 2. The van der Waals surface area contributed by atoms with Gasteiger partial charge in [0.15, 0.2) is 0 Å². The Morgan fingerprint density at radius 1 is 1.07 bits per heavy atom. The summed E-state index contributed by atoms with van der Waals surface area (Å²) in [7, 11) is 1.54. The van der Waals surface area contributed by atoms with Crippen molar-refractivity contribution in [3.8, 4) is 0 Å². The Morgan fingerprint density at radius 3 is 2.47 bits per heavy atom. The van der Waals surface area contributed by atoms with E-state index in [0.29, 0.717) is 16.7 Å². The molecule has 2 unspecified atom stereocenters. The van der Waals surface area contributed by atoms with Crippen molar-refractivity contribution in [3.05, 3.63) is 70.8 Å². The molecule has 2 atom stereocenters. The number of nitrogens with one attached hydrogen (secondary N) is 1. The highest BCUT2D eigenvalue weighted by molar-refractivity contribution is 6.01. The van der Waals surface area contributed by atoms with Gasteiger partial charge in [-0.2, -0.15) is 13.2 Å². The highest BCUT2D eigenvalue weighted by Crippen LogP contribution is 2.43. The third kappa shape index (κ3) is 3.68. The van der Waals surface area contributed by atoms with Crippen LogP contribution in [0.25, 0.3) is 0 Å². The van der Waals surface area contributed by atoms with Crippen molar-refractivity contribution in [2.75, 3.05) is 7.05 Å². The van der Waals surface area contributed by atoms with Gasteiger partial charge in [0.25, 0.3) is 5.91 Å². The number of likely N-dealkylation sites (N-methyl/N-ethyl adjacent to an activating group) is 1. The summed E-state index contributed by atoms with van der Waals surface area (Å²) in [6.45, 7) is 0. The van der Waals surface area contributed by atoms with Gasteiger partial charge in [-0.3, -0.25) is 9.59 Å².